The van der Waals surface area contributed by atoms with E-state index >= 15 is 0 Å². The topological polar surface area (TPSA) is 3.24 Å². The van der Waals surface area contributed by atoms with Crippen LogP contribution in [-0.2, 0) is 0 Å². The van der Waals surface area contributed by atoms with E-state index < -0.39 is 0 Å². The van der Waals surface area contributed by atoms with Gasteiger partial charge in [0.05, 0.1) is 0 Å². The average Bonchev–Trinajstić information content (AvgIpc) is 2.79. The van der Waals surface area contributed by atoms with E-state index in [2.05, 4.69) is 128 Å². The third-order valence-electron chi connectivity index (χ3n) is 5.79. The number of fused-ring (bicyclic) bond motifs is 2. The Morgan fingerprint density at radius 1 is 0.467 bits per heavy atom. The molecule has 5 aromatic rings. The lowest BCUT2D eigenvalue weighted by atomic mass is 9.95. The second kappa shape index (κ2) is 7.68. The molecule has 0 heterocycles. The van der Waals surface area contributed by atoms with Gasteiger partial charge in [-0.3, -0.25) is 0 Å². The Morgan fingerprint density at radius 3 is 1.73 bits per heavy atom. The average molecular weight is 388 g/mol. The number of rotatable bonds is 4. The summed E-state index contributed by atoms with van der Waals surface area (Å²) in [5.74, 6) is 0. The van der Waals surface area contributed by atoms with Crippen molar-refractivity contribution in [3.63, 3.8) is 0 Å². The fraction of sp³-hybridized carbons (Fsp3) is 0.103. The van der Waals surface area contributed by atoms with Crippen LogP contribution in [0.3, 0.4) is 0 Å². The molecule has 0 aromatic heterocycles. The van der Waals surface area contributed by atoms with Crippen molar-refractivity contribution in [2.24, 2.45) is 0 Å². The summed E-state index contributed by atoms with van der Waals surface area (Å²) >= 11 is 0. The van der Waals surface area contributed by atoms with Crippen molar-refractivity contribution in [2.75, 3.05) is 4.90 Å². The van der Waals surface area contributed by atoms with Crippen molar-refractivity contribution >= 4 is 32.9 Å². The molecule has 0 fully saturated rings. The molecule has 0 aliphatic heterocycles. The molecule has 0 saturated carbocycles. The van der Waals surface area contributed by atoms with Gasteiger partial charge in [0.15, 0.2) is 0 Å². The monoisotopic (exact) mass is 387 g/mol. The van der Waals surface area contributed by atoms with Gasteiger partial charge in [-0.1, -0.05) is 97.1 Å². The fourth-order valence-corrected chi connectivity index (χ4v) is 4.48. The van der Waals surface area contributed by atoms with Crippen LogP contribution in [0.2, 0.25) is 0 Å². The summed E-state index contributed by atoms with van der Waals surface area (Å²) in [7, 11) is 0. The summed E-state index contributed by atoms with van der Waals surface area (Å²) in [6.45, 7) is 4.53. The van der Waals surface area contributed by atoms with Crippen molar-refractivity contribution in [3.05, 3.63) is 109 Å². The van der Waals surface area contributed by atoms with Crippen molar-refractivity contribution < 1.29 is 0 Å². The minimum Gasteiger partial charge on any atom is -0.338 e. The molecule has 0 spiro atoms. The highest BCUT2D eigenvalue weighted by Crippen LogP contribution is 2.41. The molecule has 5 rings (SSSR count). The lowest BCUT2D eigenvalue weighted by molar-refractivity contribution is 0.792. The zero-order valence-electron chi connectivity index (χ0n) is 17.4. The molecule has 0 atom stereocenters. The number of anilines is 2. The summed E-state index contributed by atoms with van der Waals surface area (Å²) in [5, 5.41) is 5.10. The fourth-order valence-electron chi connectivity index (χ4n) is 4.48. The quantitative estimate of drug-likeness (QED) is 0.300. The normalized spacial score (nSPS) is 11.3. The van der Waals surface area contributed by atoms with Gasteiger partial charge < -0.3 is 4.90 Å². The number of nitrogens with zero attached hydrogens (tertiary/aromatic N) is 1. The van der Waals surface area contributed by atoms with Crippen LogP contribution in [0.1, 0.15) is 13.8 Å². The van der Waals surface area contributed by atoms with E-state index in [1.165, 1.54) is 44.0 Å². The van der Waals surface area contributed by atoms with Crippen LogP contribution in [0.15, 0.2) is 109 Å². The van der Waals surface area contributed by atoms with Crippen LogP contribution in [0.4, 0.5) is 11.4 Å². The van der Waals surface area contributed by atoms with Crippen LogP contribution in [0.25, 0.3) is 32.7 Å². The predicted octanol–water partition coefficient (Wildman–Crippen LogP) is 8.21. The summed E-state index contributed by atoms with van der Waals surface area (Å²) in [6, 6.07) is 39.5. The minimum absolute atomic E-state index is 0.312. The first kappa shape index (κ1) is 18.4. The summed E-state index contributed by atoms with van der Waals surface area (Å²) in [4.78, 5) is 2.47. The van der Waals surface area contributed by atoms with E-state index in [-0.39, 0.29) is 0 Å². The van der Waals surface area contributed by atoms with Gasteiger partial charge in [0, 0.05) is 28.4 Å². The van der Waals surface area contributed by atoms with Gasteiger partial charge in [-0.25, -0.2) is 0 Å². The van der Waals surface area contributed by atoms with Crippen molar-refractivity contribution in [1.82, 2.24) is 0 Å². The molecule has 1 heteroatoms. The Balaban J connectivity index is 1.77. The molecule has 0 saturated heterocycles. The van der Waals surface area contributed by atoms with Crippen molar-refractivity contribution in [2.45, 2.75) is 19.9 Å². The third kappa shape index (κ3) is 3.13. The molecule has 0 N–H and O–H groups in total. The third-order valence-corrected chi connectivity index (χ3v) is 5.79. The van der Waals surface area contributed by atoms with Gasteiger partial charge in [0.1, 0.15) is 0 Å². The van der Waals surface area contributed by atoms with Crippen LogP contribution in [0.5, 0.6) is 0 Å². The largest absolute Gasteiger partial charge is 0.338 e. The van der Waals surface area contributed by atoms with Gasteiger partial charge in [-0.15, -0.1) is 0 Å². The van der Waals surface area contributed by atoms with E-state index in [0.29, 0.717) is 6.04 Å². The Hall–Kier alpha value is -3.58. The van der Waals surface area contributed by atoms with Gasteiger partial charge >= 0.3 is 0 Å². The molecule has 0 aliphatic carbocycles. The van der Waals surface area contributed by atoms with Crippen LogP contribution in [0, 0.1) is 0 Å². The Labute approximate surface area is 178 Å². The number of para-hydroxylation sites is 1. The Kier molecular flexibility index (Phi) is 4.72. The molecular formula is C29H25N. The molecule has 146 valence electrons. The Bertz CT molecular complexity index is 1320. The molecule has 5 aromatic carbocycles. The zero-order valence-corrected chi connectivity index (χ0v) is 17.4. The summed E-state index contributed by atoms with van der Waals surface area (Å²) in [5.41, 5.74) is 5.02. The minimum atomic E-state index is 0.312. The van der Waals surface area contributed by atoms with E-state index in [9.17, 15) is 0 Å². The molecule has 0 bridgehead atoms. The molecular weight excluding hydrogens is 362 g/mol. The van der Waals surface area contributed by atoms with E-state index in [1.807, 2.05) is 0 Å². The molecule has 30 heavy (non-hydrogen) atoms. The molecule has 1 nitrogen and oxygen atoms in total. The van der Waals surface area contributed by atoms with Gasteiger partial charge in [0.2, 0.25) is 0 Å². The second-order valence-corrected chi connectivity index (χ2v) is 8.01. The smallest absolute Gasteiger partial charge is 0.0493 e. The van der Waals surface area contributed by atoms with Gasteiger partial charge in [0.25, 0.3) is 0 Å². The van der Waals surface area contributed by atoms with Gasteiger partial charge in [-0.2, -0.15) is 0 Å². The molecule has 0 aliphatic rings. The Morgan fingerprint density at radius 2 is 0.967 bits per heavy atom. The first-order valence-electron chi connectivity index (χ1n) is 10.6. The van der Waals surface area contributed by atoms with E-state index in [4.69, 9.17) is 0 Å². The highest BCUT2D eigenvalue weighted by atomic mass is 15.2. The van der Waals surface area contributed by atoms with Crippen LogP contribution < -0.4 is 4.90 Å². The maximum atomic E-state index is 2.47. The highest BCUT2D eigenvalue weighted by Gasteiger charge is 2.19. The molecule has 0 amide bonds. The number of hydrogen-bond donors (Lipinski definition) is 0. The van der Waals surface area contributed by atoms with Crippen LogP contribution >= 0.6 is 0 Å². The first-order valence-corrected chi connectivity index (χ1v) is 10.6. The van der Waals surface area contributed by atoms with Crippen LogP contribution in [-0.4, -0.2) is 6.04 Å². The maximum Gasteiger partial charge on any atom is 0.0493 e. The lowest BCUT2D eigenvalue weighted by Crippen LogP contribution is -2.26. The van der Waals surface area contributed by atoms with Crippen molar-refractivity contribution in [3.8, 4) is 11.1 Å². The van der Waals surface area contributed by atoms with Gasteiger partial charge in [-0.05, 0) is 47.7 Å². The van der Waals surface area contributed by atoms with E-state index in [1.54, 1.807) is 0 Å². The summed E-state index contributed by atoms with van der Waals surface area (Å²) in [6.07, 6.45) is 0. The first-order chi connectivity index (χ1) is 14.7. The van der Waals surface area contributed by atoms with Crippen molar-refractivity contribution in [1.29, 1.82) is 0 Å². The second-order valence-electron chi connectivity index (χ2n) is 8.01. The SMILES string of the molecule is CC(C)N(c1ccccc1-c1cccc2ccccc12)c1cccc2ccccc12. The molecule has 0 unspecified atom stereocenters. The zero-order chi connectivity index (χ0) is 20.5. The van der Waals surface area contributed by atoms with E-state index in [0.717, 1.165) is 0 Å². The summed E-state index contributed by atoms with van der Waals surface area (Å²) < 4.78 is 0. The number of hydrogen-bond acceptors (Lipinski definition) is 1. The molecule has 0 radical (unpaired) electrons. The standard InChI is InChI=1S/C29H25N/c1-21(2)30(28-20-10-14-23-12-4-6-16-25(23)28)29-19-8-7-17-27(29)26-18-9-13-22-11-3-5-15-24(22)26/h3-21H,1-2H3. The highest BCUT2D eigenvalue weighted by molar-refractivity contribution is 6.02. The maximum absolute atomic E-state index is 2.47. The predicted molar refractivity (Wildman–Crippen MR) is 131 cm³/mol. The lowest BCUT2D eigenvalue weighted by Gasteiger charge is -2.32. The number of benzene rings is 5.